The van der Waals surface area contributed by atoms with E-state index in [0.29, 0.717) is 18.7 Å². The number of nitrogens with zero attached hydrogens (tertiary/aromatic N) is 2. The van der Waals surface area contributed by atoms with Crippen LogP contribution in [0, 0.1) is 5.92 Å². The van der Waals surface area contributed by atoms with Crippen LogP contribution in [-0.4, -0.2) is 45.3 Å². The van der Waals surface area contributed by atoms with Crippen LogP contribution in [0.3, 0.4) is 0 Å². The standard InChI is InChI=1S/C15H16N4O3/c20-14(21)11-6-8-19(9-11)15(22)17-12-3-1-10(2-4-12)13-5-7-16-18-13/h1-5,7,11H,6,8-9H2,(H,16,18)(H,17,22)(H,20,21). The second-order valence-electron chi connectivity index (χ2n) is 5.25. The molecule has 22 heavy (non-hydrogen) atoms. The Morgan fingerprint density at radius 1 is 1.27 bits per heavy atom. The third-order valence-corrected chi connectivity index (χ3v) is 3.77. The molecule has 1 aromatic heterocycles. The number of carbonyl (C=O) groups excluding carboxylic acids is 1. The summed E-state index contributed by atoms with van der Waals surface area (Å²) >= 11 is 0. The van der Waals surface area contributed by atoms with Crippen molar-refractivity contribution in [3.8, 4) is 11.3 Å². The molecule has 0 radical (unpaired) electrons. The van der Waals surface area contributed by atoms with Crippen molar-refractivity contribution in [2.75, 3.05) is 18.4 Å². The van der Waals surface area contributed by atoms with Gasteiger partial charge in [0.2, 0.25) is 0 Å². The van der Waals surface area contributed by atoms with Crippen LogP contribution in [0.15, 0.2) is 36.5 Å². The molecule has 1 saturated heterocycles. The third-order valence-electron chi connectivity index (χ3n) is 3.77. The number of carbonyl (C=O) groups is 2. The lowest BCUT2D eigenvalue weighted by molar-refractivity contribution is -0.141. The van der Waals surface area contributed by atoms with Crippen molar-refractivity contribution >= 4 is 17.7 Å². The fourth-order valence-electron chi connectivity index (χ4n) is 2.50. The van der Waals surface area contributed by atoms with Crippen LogP contribution < -0.4 is 5.32 Å². The highest BCUT2D eigenvalue weighted by atomic mass is 16.4. The first-order valence-electron chi connectivity index (χ1n) is 7.02. The average molecular weight is 300 g/mol. The zero-order valence-electron chi connectivity index (χ0n) is 11.8. The summed E-state index contributed by atoms with van der Waals surface area (Å²) in [6, 6.07) is 8.97. The summed E-state index contributed by atoms with van der Waals surface area (Å²) in [5.41, 5.74) is 2.55. The van der Waals surface area contributed by atoms with E-state index in [1.807, 2.05) is 18.2 Å². The van der Waals surface area contributed by atoms with Crippen LogP contribution in [0.2, 0.25) is 0 Å². The van der Waals surface area contributed by atoms with E-state index in [9.17, 15) is 9.59 Å². The SMILES string of the molecule is O=C(O)C1CCN(C(=O)Nc2ccc(-c3ccn[nH]3)cc2)C1. The van der Waals surface area contributed by atoms with Crippen LogP contribution in [-0.2, 0) is 4.79 Å². The van der Waals surface area contributed by atoms with E-state index in [1.165, 1.54) is 4.90 Å². The molecule has 1 unspecified atom stereocenters. The van der Waals surface area contributed by atoms with E-state index >= 15 is 0 Å². The van der Waals surface area contributed by atoms with Crippen molar-refractivity contribution in [2.24, 2.45) is 5.92 Å². The monoisotopic (exact) mass is 300 g/mol. The van der Waals surface area contributed by atoms with Gasteiger partial charge in [-0.2, -0.15) is 5.10 Å². The second kappa shape index (κ2) is 5.88. The number of rotatable bonds is 3. The Bertz CT molecular complexity index is 667. The van der Waals surface area contributed by atoms with Gasteiger partial charge >= 0.3 is 12.0 Å². The van der Waals surface area contributed by atoms with Gasteiger partial charge in [0.05, 0.1) is 11.6 Å². The molecule has 2 amide bonds. The van der Waals surface area contributed by atoms with Crippen molar-refractivity contribution in [3.63, 3.8) is 0 Å². The molecule has 0 saturated carbocycles. The molecule has 7 heteroatoms. The number of aliphatic carboxylic acids is 1. The average Bonchev–Trinajstić information content (AvgIpc) is 3.20. The molecular formula is C15H16N4O3. The van der Waals surface area contributed by atoms with Gasteiger partial charge in [-0.15, -0.1) is 0 Å². The molecule has 1 atom stereocenters. The van der Waals surface area contributed by atoms with Gasteiger partial charge < -0.3 is 15.3 Å². The van der Waals surface area contributed by atoms with E-state index in [2.05, 4.69) is 15.5 Å². The van der Waals surface area contributed by atoms with Gasteiger partial charge in [-0.3, -0.25) is 9.89 Å². The van der Waals surface area contributed by atoms with Crippen LogP contribution in [0.5, 0.6) is 0 Å². The molecule has 0 bridgehead atoms. The minimum Gasteiger partial charge on any atom is -0.481 e. The van der Waals surface area contributed by atoms with Crippen LogP contribution >= 0.6 is 0 Å². The summed E-state index contributed by atoms with van der Waals surface area (Å²) in [5.74, 6) is -1.31. The molecule has 114 valence electrons. The van der Waals surface area contributed by atoms with E-state index in [4.69, 9.17) is 5.11 Å². The molecule has 3 rings (SSSR count). The Balaban J connectivity index is 1.61. The Labute approximate surface area is 126 Å². The Hall–Kier alpha value is -2.83. The molecule has 2 heterocycles. The number of hydrogen-bond acceptors (Lipinski definition) is 3. The van der Waals surface area contributed by atoms with Crippen LogP contribution in [0.25, 0.3) is 11.3 Å². The number of nitrogens with one attached hydrogen (secondary N) is 2. The summed E-state index contributed by atoms with van der Waals surface area (Å²) in [7, 11) is 0. The number of benzene rings is 1. The topological polar surface area (TPSA) is 98.3 Å². The van der Waals surface area contributed by atoms with Crippen molar-refractivity contribution in [1.82, 2.24) is 15.1 Å². The van der Waals surface area contributed by atoms with Gasteiger partial charge in [0.15, 0.2) is 0 Å². The number of H-pyrrole nitrogens is 1. The Kier molecular flexibility index (Phi) is 3.78. The number of hydrogen-bond donors (Lipinski definition) is 3. The molecular weight excluding hydrogens is 284 g/mol. The number of aromatic amines is 1. The van der Waals surface area contributed by atoms with E-state index < -0.39 is 11.9 Å². The largest absolute Gasteiger partial charge is 0.481 e. The molecule has 1 aliphatic rings. The summed E-state index contributed by atoms with van der Waals surface area (Å²) in [4.78, 5) is 24.5. The molecule has 1 aliphatic heterocycles. The fraction of sp³-hybridized carbons (Fsp3) is 0.267. The summed E-state index contributed by atoms with van der Waals surface area (Å²) in [5, 5.41) is 18.5. The highest BCUT2D eigenvalue weighted by molar-refractivity contribution is 5.90. The lowest BCUT2D eigenvalue weighted by Crippen LogP contribution is -2.33. The summed E-state index contributed by atoms with van der Waals surface area (Å²) in [6.45, 7) is 0.725. The van der Waals surface area contributed by atoms with Crippen molar-refractivity contribution in [1.29, 1.82) is 0 Å². The van der Waals surface area contributed by atoms with Gasteiger partial charge in [-0.1, -0.05) is 12.1 Å². The van der Waals surface area contributed by atoms with Crippen LogP contribution in [0.1, 0.15) is 6.42 Å². The maximum Gasteiger partial charge on any atom is 0.321 e. The van der Waals surface area contributed by atoms with Gasteiger partial charge in [-0.05, 0) is 30.2 Å². The first-order valence-corrected chi connectivity index (χ1v) is 7.02. The number of anilines is 1. The molecule has 7 nitrogen and oxygen atoms in total. The van der Waals surface area contributed by atoms with Crippen molar-refractivity contribution in [2.45, 2.75) is 6.42 Å². The van der Waals surface area contributed by atoms with Crippen LogP contribution in [0.4, 0.5) is 10.5 Å². The number of amides is 2. The normalized spacial score (nSPS) is 17.5. The molecule has 3 N–H and O–H groups in total. The number of urea groups is 1. The van der Waals surface area contributed by atoms with Crippen molar-refractivity contribution < 1.29 is 14.7 Å². The lowest BCUT2D eigenvalue weighted by atomic mass is 10.1. The van der Waals surface area contributed by atoms with Gasteiger partial charge in [0.1, 0.15) is 0 Å². The maximum absolute atomic E-state index is 12.1. The number of likely N-dealkylation sites (tertiary alicyclic amines) is 1. The molecule has 1 aromatic carbocycles. The first-order chi connectivity index (χ1) is 10.6. The van der Waals surface area contributed by atoms with E-state index in [0.717, 1.165) is 11.3 Å². The first kappa shape index (κ1) is 14.1. The zero-order chi connectivity index (χ0) is 15.5. The number of aromatic nitrogens is 2. The predicted molar refractivity (Wildman–Crippen MR) is 80.4 cm³/mol. The molecule has 0 aliphatic carbocycles. The molecule has 2 aromatic rings. The number of carboxylic acid groups (broad SMARTS) is 1. The molecule has 0 spiro atoms. The summed E-state index contributed by atoms with van der Waals surface area (Å²) in [6.07, 6.45) is 2.18. The Morgan fingerprint density at radius 2 is 2.05 bits per heavy atom. The van der Waals surface area contributed by atoms with Gasteiger partial charge in [0, 0.05) is 25.0 Å². The minimum atomic E-state index is -0.848. The van der Waals surface area contributed by atoms with Gasteiger partial charge in [-0.25, -0.2) is 4.79 Å². The number of carboxylic acids is 1. The predicted octanol–water partition coefficient (Wildman–Crippen LogP) is 2.02. The smallest absolute Gasteiger partial charge is 0.321 e. The van der Waals surface area contributed by atoms with Crippen molar-refractivity contribution in [3.05, 3.63) is 36.5 Å². The quantitative estimate of drug-likeness (QED) is 0.807. The Morgan fingerprint density at radius 3 is 2.64 bits per heavy atom. The second-order valence-corrected chi connectivity index (χ2v) is 5.25. The highest BCUT2D eigenvalue weighted by Crippen LogP contribution is 2.21. The zero-order valence-corrected chi connectivity index (χ0v) is 11.8. The lowest BCUT2D eigenvalue weighted by Gasteiger charge is -2.16. The highest BCUT2D eigenvalue weighted by Gasteiger charge is 2.30. The van der Waals surface area contributed by atoms with Gasteiger partial charge in [0.25, 0.3) is 0 Å². The van der Waals surface area contributed by atoms with E-state index in [1.54, 1.807) is 18.3 Å². The van der Waals surface area contributed by atoms with E-state index in [-0.39, 0.29) is 12.6 Å². The molecule has 1 fully saturated rings. The fourth-order valence-corrected chi connectivity index (χ4v) is 2.50. The summed E-state index contributed by atoms with van der Waals surface area (Å²) < 4.78 is 0. The minimum absolute atomic E-state index is 0.257. The maximum atomic E-state index is 12.1. The third kappa shape index (κ3) is 2.93.